The van der Waals surface area contributed by atoms with Crippen molar-refractivity contribution in [2.45, 2.75) is 84.5 Å². The van der Waals surface area contributed by atoms with Gasteiger partial charge in [-0.3, -0.25) is 0 Å². The predicted octanol–water partition coefficient (Wildman–Crippen LogP) is 6.89. The van der Waals surface area contributed by atoms with Crippen LogP contribution in [0.15, 0.2) is 24.3 Å². The third-order valence-electron chi connectivity index (χ3n) is 4.18. The smallest absolute Gasteiger partial charge is 0.0193 e. The van der Waals surface area contributed by atoms with Crippen molar-refractivity contribution in [3.05, 3.63) is 35.4 Å². The molecule has 0 aromatic heterocycles. The van der Waals surface area contributed by atoms with Gasteiger partial charge in [0.15, 0.2) is 0 Å². The van der Waals surface area contributed by atoms with Crippen LogP contribution in [0.2, 0.25) is 0 Å². The minimum atomic E-state index is 0.987. The van der Waals surface area contributed by atoms with E-state index in [0.29, 0.717) is 0 Å². The van der Waals surface area contributed by atoms with Crippen molar-refractivity contribution in [3.8, 4) is 0 Å². The fraction of sp³-hybridized carbons (Fsp3) is 0.650. The molecule has 1 aromatic rings. The van der Waals surface area contributed by atoms with Gasteiger partial charge in [-0.1, -0.05) is 101 Å². The van der Waals surface area contributed by atoms with E-state index in [1.165, 1.54) is 81.8 Å². The second kappa shape index (κ2) is 11.9. The summed E-state index contributed by atoms with van der Waals surface area (Å²) in [6.45, 7) is 4.27. The molecule has 1 heteroatoms. The van der Waals surface area contributed by atoms with E-state index in [4.69, 9.17) is 12.2 Å². The van der Waals surface area contributed by atoms with Crippen molar-refractivity contribution in [2.24, 2.45) is 0 Å². The molecule has 0 aliphatic rings. The molecule has 1 aromatic carbocycles. The largest absolute Gasteiger partial charge is 0.0846 e. The molecule has 0 amide bonds. The zero-order valence-electron chi connectivity index (χ0n) is 14.0. The van der Waals surface area contributed by atoms with Crippen molar-refractivity contribution in [3.63, 3.8) is 0 Å². The highest BCUT2D eigenvalue weighted by Crippen LogP contribution is 2.13. The maximum absolute atomic E-state index is 5.19. The van der Waals surface area contributed by atoms with Crippen LogP contribution in [0.3, 0.4) is 0 Å². The highest BCUT2D eigenvalue weighted by atomic mass is 32.1. The molecule has 1 rings (SSSR count). The Hall–Kier alpha value is -0.690. The molecule has 0 spiro atoms. The molecule has 0 N–H and O–H groups in total. The molecular formula is C20H32S. The molecule has 118 valence electrons. The average Bonchev–Trinajstić information content (AvgIpc) is 2.49. The van der Waals surface area contributed by atoms with Crippen molar-refractivity contribution >= 4 is 17.1 Å². The van der Waals surface area contributed by atoms with Crippen LogP contribution >= 0.6 is 12.2 Å². The molecule has 0 atom stereocenters. The lowest BCUT2D eigenvalue weighted by molar-refractivity contribution is 0.556. The second-order valence-corrected chi connectivity index (χ2v) is 6.80. The summed E-state index contributed by atoms with van der Waals surface area (Å²) in [7, 11) is 0. The van der Waals surface area contributed by atoms with Crippen LogP contribution in [0, 0.1) is 0 Å². The summed E-state index contributed by atoms with van der Waals surface area (Å²) >= 11 is 5.19. The lowest BCUT2D eigenvalue weighted by Gasteiger charge is -2.04. The molecule has 0 nitrogen and oxygen atoms in total. The second-order valence-electron chi connectivity index (χ2n) is 6.19. The fourth-order valence-electron chi connectivity index (χ4n) is 2.72. The summed E-state index contributed by atoms with van der Waals surface area (Å²) in [4.78, 5) is 0.987. The molecule has 0 fully saturated rings. The lowest BCUT2D eigenvalue weighted by atomic mass is 10.0. The zero-order chi connectivity index (χ0) is 15.3. The van der Waals surface area contributed by atoms with Crippen LogP contribution < -0.4 is 0 Å². The molecule has 21 heavy (non-hydrogen) atoms. The molecule has 0 bridgehead atoms. The van der Waals surface area contributed by atoms with Gasteiger partial charge in [0, 0.05) is 4.86 Å². The van der Waals surface area contributed by atoms with Gasteiger partial charge < -0.3 is 0 Å². The summed E-state index contributed by atoms with van der Waals surface area (Å²) < 4.78 is 0. The maximum Gasteiger partial charge on any atom is 0.0193 e. The fourth-order valence-corrected chi connectivity index (χ4v) is 2.86. The third-order valence-corrected chi connectivity index (χ3v) is 4.42. The average molecular weight is 305 g/mol. The van der Waals surface area contributed by atoms with Gasteiger partial charge >= 0.3 is 0 Å². The Kier molecular flexibility index (Phi) is 10.4. The first kappa shape index (κ1) is 18.4. The molecular weight excluding hydrogens is 272 g/mol. The van der Waals surface area contributed by atoms with E-state index < -0.39 is 0 Å². The van der Waals surface area contributed by atoms with Crippen LogP contribution in [0.1, 0.15) is 89.2 Å². The Morgan fingerprint density at radius 3 is 1.71 bits per heavy atom. The van der Waals surface area contributed by atoms with E-state index in [0.717, 1.165) is 4.86 Å². The number of thiocarbonyl (C=S) groups is 1. The minimum Gasteiger partial charge on any atom is -0.0846 e. The van der Waals surface area contributed by atoms with E-state index in [9.17, 15) is 0 Å². The van der Waals surface area contributed by atoms with Gasteiger partial charge in [0.2, 0.25) is 0 Å². The molecule has 0 saturated heterocycles. The van der Waals surface area contributed by atoms with Crippen LogP contribution in [0.4, 0.5) is 0 Å². The number of aryl methyl sites for hydroxylation is 1. The number of hydrogen-bond donors (Lipinski definition) is 0. The molecule has 0 unspecified atom stereocenters. The van der Waals surface area contributed by atoms with E-state index in [1.54, 1.807) is 0 Å². The summed E-state index contributed by atoms with van der Waals surface area (Å²) in [5.41, 5.74) is 2.64. The van der Waals surface area contributed by atoms with Crippen LogP contribution in [0.25, 0.3) is 0 Å². The minimum absolute atomic E-state index is 0.987. The van der Waals surface area contributed by atoms with E-state index in [2.05, 4.69) is 31.2 Å². The lowest BCUT2D eigenvalue weighted by Crippen LogP contribution is -1.91. The van der Waals surface area contributed by atoms with E-state index >= 15 is 0 Å². The van der Waals surface area contributed by atoms with Crippen LogP contribution in [0.5, 0.6) is 0 Å². The van der Waals surface area contributed by atoms with Gasteiger partial charge in [0.25, 0.3) is 0 Å². The molecule has 0 aliphatic carbocycles. The number of unbranched alkanes of at least 4 members (excludes halogenated alkanes) is 9. The van der Waals surface area contributed by atoms with Gasteiger partial charge in [-0.2, -0.15) is 0 Å². The Labute approximate surface area is 137 Å². The first-order chi connectivity index (χ1) is 10.2. The Morgan fingerprint density at radius 2 is 1.24 bits per heavy atom. The van der Waals surface area contributed by atoms with E-state index in [-0.39, 0.29) is 0 Å². The Bertz CT molecular complexity index is 377. The normalized spacial score (nSPS) is 10.8. The van der Waals surface area contributed by atoms with Gasteiger partial charge in [0.1, 0.15) is 0 Å². The molecule has 0 radical (unpaired) electrons. The molecule has 0 heterocycles. The summed E-state index contributed by atoms with van der Waals surface area (Å²) in [5, 5.41) is 0. The maximum atomic E-state index is 5.19. The highest BCUT2D eigenvalue weighted by molar-refractivity contribution is 7.80. The SMILES string of the molecule is CCCCCCCCCCCCc1ccc(C(C)=S)cc1. The first-order valence-corrected chi connectivity index (χ1v) is 9.24. The van der Waals surface area contributed by atoms with Gasteiger partial charge in [0.05, 0.1) is 0 Å². The predicted molar refractivity (Wildman–Crippen MR) is 99.4 cm³/mol. The van der Waals surface area contributed by atoms with E-state index in [1.807, 2.05) is 6.92 Å². The van der Waals surface area contributed by atoms with Gasteiger partial charge in [-0.05, 0) is 30.9 Å². The summed E-state index contributed by atoms with van der Waals surface area (Å²) in [6, 6.07) is 8.79. The van der Waals surface area contributed by atoms with Crippen molar-refractivity contribution in [1.82, 2.24) is 0 Å². The van der Waals surface area contributed by atoms with Gasteiger partial charge in [-0.25, -0.2) is 0 Å². The Morgan fingerprint density at radius 1 is 0.762 bits per heavy atom. The topological polar surface area (TPSA) is 0 Å². The molecule has 0 saturated carbocycles. The van der Waals surface area contributed by atoms with Crippen LogP contribution in [-0.4, -0.2) is 4.86 Å². The van der Waals surface area contributed by atoms with Crippen molar-refractivity contribution < 1.29 is 0 Å². The highest BCUT2D eigenvalue weighted by Gasteiger charge is 1.97. The van der Waals surface area contributed by atoms with Gasteiger partial charge in [-0.15, -0.1) is 0 Å². The third kappa shape index (κ3) is 9.03. The van der Waals surface area contributed by atoms with Crippen molar-refractivity contribution in [2.75, 3.05) is 0 Å². The van der Waals surface area contributed by atoms with Crippen molar-refractivity contribution in [1.29, 1.82) is 0 Å². The standard InChI is InChI=1S/C20H32S/c1-3-4-5-6-7-8-9-10-11-12-13-19-14-16-20(17-15-19)18(2)21/h14-17H,3-13H2,1-2H3. The molecule has 0 aliphatic heterocycles. The first-order valence-electron chi connectivity index (χ1n) is 8.84. The quantitative estimate of drug-likeness (QED) is 0.230. The number of benzene rings is 1. The van der Waals surface area contributed by atoms with Crippen LogP contribution in [-0.2, 0) is 6.42 Å². The zero-order valence-corrected chi connectivity index (χ0v) is 14.8. The summed E-state index contributed by atoms with van der Waals surface area (Å²) in [6.07, 6.45) is 15.3. The monoisotopic (exact) mass is 304 g/mol. The summed E-state index contributed by atoms with van der Waals surface area (Å²) in [5.74, 6) is 0. The number of hydrogen-bond acceptors (Lipinski definition) is 1. The number of rotatable bonds is 12. The Balaban J connectivity index is 1.98.